The van der Waals surface area contributed by atoms with E-state index in [1.54, 1.807) is 32.7 Å². The number of nitrogens with two attached hydrogens (primary N) is 1. The fourth-order valence-electron chi connectivity index (χ4n) is 1.98. The maximum absolute atomic E-state index is 6.30. The summed E-state index contributed by atoms with van der Waals surface area (Å²) in [4.78, 5) is 3.96. The molecule has 0 saturated carbocycles. The van der Waals surface area contributed by atoms with Gasteiger partial charge in [0.2, 0.25) is 0 Å². The van der Waals surface area contributed by atoms with Crippen LogP contribution in [0.5, 0.6) is 11.5 Å². The number of halogens is 1. The molecule has 0 aliphatic heterocycles. The predicted molar refractivity (Wildman–Crippen MR) is 74.8 cm³/mol. The van der Waals surface area contributed by atoms with Crippen molar-refractivity contribution in [3.63, 3.8) is 0 Å². The molecule has 100 valence electrons. The highest BCUT2D eigenvalue weighted by molar-refractivity contribution is 6.31. The molecule has 1 aromatic heterocycles. The van der Waals surface area contributed by atoms with Crippen molar-refractivity contribution in [1.82, 2.24) is 4.98 Å². The van der Waals surface area contributed by atoms with E-state index in [2.05, 4.69) is 4.98 Å². The van der Waals surface area contributed by atoms with Crippen molar-refractivity contribution in [3.05, 3.63) is 52.8 Å². The summed E-state index contributed by atoms with van der Waals surface area (Å²) in [5.41, 5.74) is 7.84. The molecule has 1 atom stereocenters. The van der Waals surface area contributed by atoms with Crippen molar-refractivity contribution in [2.45, 2.75) is 6.04 Å². The minimum atomic E-state index is -0.443. The number of nitrogens with zero attached hydrogens (tertiary/aromatic N) is 1. The molecule has 0 amide bonds. The summed E-state index contributed by atoms with van der Waals surface area (Å²) in [7, 11) is 3.19. The third-order valence-electron chi connectivity index (χ3n) is 2.92. The van der Waals surface area contributed by atoms with Gasteiger partial charge < -0.3 is 15.2 Å². The van der Waals surface area contributed by atoms with Gasteiger partial charge in [-0.3, -0.25) is 4.98 Å². The van der Waals surface area contributed by atoms with E-state index >= 15 is 0 Å². The zero-order chi connectivity index (χ0) is 13.8. The molecule has 0 aliphatic carbocycles. The quantitative estimate of drug-likeness (QED) is 0.934. The second kappa shape index (κ2) is 5.91. The molecule has 0 saturated heterocycles. The van der Waals surface area contributed by atoms with Crippen molar-refractivity contribution in [2.24, 2.45) is 5.73 Å². The number of methoxy groups -OCH3 is 2. The van der Waals surface area contributed by atoms with Crippen LogP contribution in [0, 0.1) is 0 Å². The fourth-order valence-corrected chi connectivity index (χ4v) is 2.22. The molecule has 1 unspecified atom stereocenters. The van der Waals surface area contributed by atoms with Crippen LogP contribution in [-0.4, -0.2) is 19.2 Å². The molecule has 0 radical (unpaired) electrons. The van der Waals surface area contributed by atoms with Crippen LogP contribution in [0.4, 0.5) is 0 Å². The number of rotatable bonds is 4. The molecule has 2 rings (SSSR count). The molecule has 0 fully saturated rings. The van der Waals surface area contributed by atoms with E-state index in [0.29, 0.717) is 16.5 Å². The average Bonchev–Trinajstić information content (AvgIpc) is 2.46. The van der Waals surface area contributed by atoms with Crippen molar-refractivity contribution < 1.29 is 9.47 Å². The van der Waals surface area contributed by atoms with Gasteiger partial charge in [-0.2, -0.15) is 0 Å². The minimum Gasteiger partial charge on any atom is -0.496 e. The summed E-state index contributed by atoms with van der Waals surface area (Å²) in [6.45, 7) is 0. The molecular weight excluding hydrogens is 264 g/mol. The Labute approximate surface area is 117 Å². The van der Waals surface area contributed by atoms with Crippen LogP contribution in [0.3, 0.4) is 0 Å². The largest absolute Gasteiger partial charge is 0.496 e. The first-order valence-corrected chi connectivity index (χ1v) is 6.12. The molecule has 1 aromatic carbocycles. The minimum absolute atomic E-state index is 0.443. The maximum Gasteiger partial charge on any atom is 0.127 e. The number of aromatic nitrogens is 1. The highest BCUT2D eigenvalue weighted by atomic mass is 35.5. The van der Waals surface area contributed by atoms with Crippen LogP contribution < -0.4 is 15.2 Å². The molecule has 19 heavy (non-hydrogen) atoms. The number of hydrogen-bond donors (Lipinski definition) is 1. The predicted octanol–water partition coefficient (Wildman–Crippen LogP) is 2.80. The number of benzene rings is 1. The maximum atomic E-state index is 6.30. The van der Waals surface area contributed by atoms with Gasteiger partial charge in [0.05, 0.1) is 30.8 Å². The average molecular weight is 279 g/mol. The van der Waals surface area contributed by atoms with E-state index in [9.17, 15) is 0 Å². The molecular formula is C14H15ClN2O2. The molecule has 2 aromatic rings. The highest BCUT2D eigenvalue weighted by Gasteiger charge is 2.20. The second-order valence-electron chi connectivity index (χ2n) is 3.95. The smallest absolute Gasteiger partial charge is 0.127 e. The van der Waals surface area contributed by atoms with Gasteiger partial charge in [0, 0.05) is 12.4 Å². The Bertz CT molecular complexity index is 553. The topological polar surface area (TPSA) is 57.4 Å². The Balaban J connectivity index is 2.55. The summed E-state index contributed by atoms with van der Waals surface area (Å²) in [5.74, 6) is 1.33. The molecule has 2 N–H and O–H groups in total. The summed E-state index contributed by atoms with van der Waals surface area (Å²) >= 11 is 6.14. The Hall–Kier alpha value is -1.78. The van der Waals surface area contributed by atoms with E-state index < -0.39 is 6.04 Å². The van der Waals surface area contributed by atoms with Crippen LogP contribution in [0.15, 0.2) is 36.7 Å². The highest BCUT2D eigenvalue weighted by Crippen LogP contribution is 2.37. The number of pyridine rings is 1. The lowest BCUT2D eigenvalue weighted by Crippen LogP contribution is -2.15. The van der Waals surface area contributed by atoms with Crippen LogP contribution in [0.1, 0.15) is 17.2 Å². The van der Waals surface area contributed by atoms with Crippen LogP contribution in [0.2, 0.25) is 5.02 Å². The van der Waals surface area contributed by atoms with Gasteiger partial charge in [0.15, 0.2) is 0 Å². The van der Waals surface area contributed by atoms with Crippen LogP contribution >= 0.6 is 11.6 Å². The Kier molecular flexibility index (Phi) is 4.24. The molecule has 0 spiro atoms. The standard InChI is InChI=1S/C14H15ClN2O2/c1-18-11-4-3-5-12(19-2)13(11)14(16)9-6-7-17-8-10(9)15/h3-8,14H,16H2,1-2H3. The van der Waals surface area contributed by atoms with Crippen LogP contribution in [-0.2, 0) is 0 Å². The number of hydrogen-bond acceptors (Lipinski definition) is 4. The SMILES string of the molecule is COc1cccc(OC)c1C(N)c1ccncc1Cl. The van der Waals surface area contributed by atoms with Crippen molar-refractivity contribution in [3.8, 4) is 11.5 Å². The Morgan fingerprint density at radius 2 is 1.79 bits per heavy atom. The van der Waals surface area contributed by atoms with E-state index in [0.717, 1.165) is 11.1 Å². The molecule has 0 bridgehead atoms. The normalized spacial score (nSPS) is 12.0. The lowest BCUT2D eigenvalue weighted by Gasteiger charge is -2.19. The summed E-state index contributed by atoms with van der Waals surface area (Å²) in [5, 5.41) is 0.517. The van der Waals surface area contributed by atoms with Gasteiger partial charge in [-0.1, -0.05) is 17.7 Å². The fraction of sp³-hybridized carbons (Fsp3) is 0.214. The first-order chi connectivity index (χ1) is 9.19. The van der Waals surface area contributed by atoms with E-state index in [4.69, 9.17) is 26.8 Å². The third kappa shape index (κ3) is 2.64. The van der Waals surface area contributed by atoms with Gasteiger partial charge in [-0.15, -0.1) is 0 Å². The van der Waals surface area contributed by atoms with E-state index in [-0.39, 0.29) is 0 Å². The molecule has 0 aliphatic rings. The number of ether oxygens (including phenoxy) is 2. The van der Waals surface area contributed by atoms with Crippen molar-refractivity contribution >= 4 is 11.6 Å². The Morgan fingerprint density at radius 1 is 1.16 bits per heavy atom. The lowest BCUT2D eigenvalue weighted by molar-refractivity contribution is 0.382. The molecule has 1 heterocycles. The lowest BCUT2D eigenvalue weighted by atomic mass is 9.98. The zero-order valence-corrected chi connectivity index (χ0v) is 11.5. The van der Waals surface area contributed by atoms with Gasteiger partial charge in [0.25, 0.3) is 0 Å². The summed E-state index contributed by atoms with van der Waals surface area (Å²) in [6.07, 6.45) is 3.22. The summed E-state index contributed by atoms with van der Waals surface area (Å²) in [6, 6.07) is 6.88. The van der Waals surface area contributed by atoms with Crippen LogP contribution in [0.25, 0.3) is 0 Å². The third-order valence-corrected chi connectivity index (χ3v) is 3.23. The van der Waals surface area contributed by atoms with E-state index in [1.807, 2.05) is 18.2 Å². The van der Waals surface area contributed by atoms with Crippen molar-refractivity contribution in [1.29, 1.82) is 0 Å². The summed E-state index contributed by atoms with van der Waals surface area (Å²) < 4.78 is 10.7. The van der Waals surface area contributed by atoms with Gasteiger partial charge in [-0.05, 0) is 23.8 Å². The van der Waals surface area contributed by atoms with Gasteiger partial charge in [0.1, 0.15) is 11.5 Å². The zero-order valence-electron chi connectivity index (χ0n) is 10.8. The van der Waals surface area contributed by atoms with Gasteiger partial charge >= 0.3 is 0 Å². The second-order valence-corrected chi connectivity index (χ2v) is 4.36. The molecule has 5 heteroatoms. The first kappa shape index (κ1) is 13.6. The van der Waals surface area contributed by atoms with Gasteiger partial charge in [-0.25, -0.2) is 0 Å². The molecule has 4 nitrogen and oxygen atoms in total. The monoisotopic (exact) mass is 278 g/mol. The van der Waals surface area contributed by atoms with Crippen molar-refractivity contribution in [2.75, 3.05) is 14.2 Å². The first-order valence-electron chi connectivity index (χ1n) is 5.75. The van der Waals surface area contributed by atoms with E-state index in [1.165, 1.54) is 0 Å². The Morgan fingerprint density at radius 3 is 2.32 bits per heavy atom.